The van der Waals surface area contributed by atoms with Crippen LogP contribution >= 0.6 is 0 Å². The van der Waals surface area contributed by atoms with E-state index in [1.54, 1.807) is 0 Å². The van der Waals surface area contributed by atoms with Gasteiger partial charge in [-0.1, -0.05) is 146 Å². The molecule has 0 aliphatic heterocycles. The predicted molar refractivity (Wildman–Crippen MR) is 287 cm³/mol. The molecule has 13 aromatic rings. The topological polar surface area (TPSA) is 45.1 Å². The lowest BCUT2D eigenvalue weighted by molar-refractivity contribution is 0.669. The van der Waals surface area contributed by atoms with Crippen molar-refractivity contribution >= 4 is 71.6 Å². The van der Waals surface area contributed by atoms with Gasteiger partial charge in [-0.05, 0) is 158 Å². The van der Waals surface area contributed by atoms with E-state index in [9.17, 15) is 5.26 Å². The molecular weight excluding hydrogens is 839 g/mol. The average molecular weight is 880 g/mol. The first-order valence-electron chi connectivity index (χ1n) is 23.3. The standard InChI is InChI=1S/C65H41N3O/c66-42-43-21-23-45(24-22-43)46-25-31-53(32-26-46)68-62-19-8-6-17-57(62)61-40-49(30-36-63(61)68)48-28-34-56(60(39-48)51-29-35-59-58-18-7-9-20-64(58)69-65(59)41-51)50-13-10-16-54(38-50)67(52-14-2-1-3-15-52)55-33-27-44-11-4-5-12-47(44)37-55/h1-41H. The third-order valence-corrected chi connectivity index (χ3v) is 13.6. The zero-order valence-electron chi connectivity index (χ0n) is 37.4. The molecule has 2 heterocycles. The fourth-order valence-corrected chi connectivity index (χ4v) is 10.2. The monoisotopic (exact) mass is 879 g/mol. The number of fused-ring (bicyclic) bond motifs is 7. The minimum atomic E-state index is 0.658. The maximum absolute atomic E-state index is 9.31. The predicted octanol–water partition coefficient (Wildman–Crippen LogP) is 17.8. The number of rotatable bonds is 8. The zero-order chi connectivity index (χ0) is 45.8. The summed E-state index contributed by atoms with van der Waals surface area (Å²) in [7, 11) is 0. The lowest BCUT2D eigenvalue weighted by Crippen LogP contribution is -2.09. The van der Waals surface area contributed by atoms with E-state index in [1.165, 1.54) is 21.5 Å². The van der Waals surface area contributed by atoms with Gasteiger partial charge in [0, 0.05) is 44.3 Å². The van der Waals surface area contributed by atoms with Gasteiger partial charge in [-0.2, -0.15) is 5.26 Å². The van der Waals surface area contributed by atoms with Gasteiger partial charge in [0.25, 0.3) is 0 Å². The highest BCUT2D eigenvalue weighted by atomic mass is 16.3. The molecule has 13 rings (SSSR count). The number of furan rings is 1. The van der Waals surface area contributed by atoms with E-state index in [1.807, 2.05) is 36.4 Å². The first-order valence-corrected chi connectivity index (χ1v) is 23.3. The van der Waals surface area contributed by atoms with E-state index >= 15 is 0 Å². The van der Waals surface area contributed by atoms with Crippen molar-refractivity contribution in [2.75, 3.05) is 4.90 Å². The lowest BCUT2D eigenvalue weighted by Gasteiger charge is -2.26. The van der Waals surface area contributed by atoms with E-state index in [0.717, 1.165) is 100 Å². The first kappa shape index (κ1) is 39.9. The fourth-order valence-electron chi connectivity index (χ4n) is 10.2. The summed E-state index contributed by atoms with van der Waals surface area (Å²) >= 11 is 0. The second-order valence-corrected chi connectivity index (χ2v) is 17.6. The molecule has 0 fully saturated rings. The summed E-state index contributed by atoms with van der Waals surface area (Å²) < 4.78 is 8.86. The molecule has 0 bridgehead atoms. The first-order chi connectivity index (χ1) is 34.1. The average Bonchev–Trinajstić information content (AvgIpc) is 3.96. The fraction of sp³-hybridized carbons (Fsp3) is 0. The van der Waals surface area contributed by atoms with Crippen molar-refractivity contribution in [2.24, 2.45) is 0 Å². The van der Waals surface area contributed by atoms with Crippen molar-refractivity contribution in [3.8, 4) is 56.3 Å². The summed E-state index contributed by atoms with van der Waals surface area (Å²) in [6, 6.07) is 90.8. The molecule has 0 aliphatic carbocycles. The van der Waals surface area contributed by atoms with Gasteiger partial charge in [0.1, 0.15) is 11.2 Å². The van der Waals surface area contributed by atoms with Gasteiger partial charge in [-0.3, -0.25) is 0 Å². The highest BCUT2D eigenvalue weighted by Crippen LogP contribution is 2.43. The van der Waals surface area contributed by atoms with Crippen LogP contribution < -0.4 is 4.90 Å². The van der Waals surface area contributed by atoms with E-state index in [2.05, 4.69) is 228 Å². The number of hydrogen-bond acceptors (Lipinski definition) is 3. The van der Waals surface area contributed by atoms with Crippen LogP contribution in [0.15, 0.2) is 253 Å². The summed E-state index contributed by atoms with van der Waals surface area (Å²) in [5.41, 5.74) is 18.0. The molecule has 0 atom stereocenters. The quantitative estimate of drug-likeness (QED) is 0.153. The Hall–Kier alpha value is -9.43. The van der Waals surface area contributed by atoms with Gasteiger partial charge in [0.15, 0.2) is 0 Å². The summed E-state index contributed by atoms with van der Waals surface area (Å²) in [5, 5.41) is 16.3. The smallest absolute Gasteiger partial charge is 0.136 e. The highest BCUT2D eigenvalue weighted by molar-refractivity contribution is 6.11. The number of hydrogen-bond donors (Lipinski definition) is 0. The second-order valence-electron chi connectivity index (χ2n) is 17.6. The Bertz CT molecular complexity index is 4140. The second kappa shape index (κ2) is 16.5. The van der Waals surface area contributed by atoms with Crippen molar-refractivity contribution in [3.63, 3.8) is 0 Å². The molecule has 322 valence electrons. The van der Waals surface area contributed by atoms with E-state index in [-0.39, 0.29) is 0 Å². The SMILES string of the molecule is N#Cc1ccc(-c2ccc(-n3c4ccccc4c4cc(-c5ccc(-c6cccc(N(c7ccccc7)c7ccc8ccccc8c7)c6)c(-c6ccc7c(c6)oc6ccccc67)c5)ccc43)cc2)cc1. The van der Waals surface area contributed by atoms with Crippen molar-refractivity contribution in [1.29, 1.82) is 5.26 Å². The van der Waals surface area contributed by atoms with Gasteiger partial charge in [-0.25, -0.2) is 0 Å². The maximum atomic E-state index is 9.31. The van der Waals surface area contributed by atoms with Crippen LogP contribution in [-0.4, -0.2) is 4.57 Å². The Morgan fingerprint density at radius 3 is 1.81 bits per heavy atom. The lowest BCUT2D eigenvalue weighted by atomic mass is 9.90. The Kier molecular flexibility index (Phi) is 9.52. The van der Waals surface area contributed by atoms with E-state index in [4.69, 9.17) is 4.42 Å². The van der Waals surface area contributed by atoms with Crippen LogP contribution in [0.5, 0.6) is 0 Å². The largest absolute Gasteiger partial charge is 0.456 e. The molecule has 0 aliphatic rings. The molecule has 0 saturated carbocycles. The van der Waals surface area contributed by atoms with Crippen LogP contribution in [0.3, 0.4) is 0 Å². The van der Waals surface area contributed by atoms with Crippen molar-refractivity contribution in [2.45, 2.75) is 0 Å². The van der Waals surface area contributed by atoms with Gasteiger partial charge >= 0.3 is 0 Å². The van der Waals surface area contributed by atoms with Gasteiger partial charge in [-0.15, -0.1) is 0 Å². The van der Waals surface area contributed by atoms with Crippen LogP contribution in [-0.2, 0) is 0 Å². The van der Waals surface area contributed by atoms with Crippen LogP contribution in [0.1, 0.15) is 5.56 Å². The van der Waals surface area contributed by atoms with E-state index < -0.39 is 0 Å². The summed E-state index contributed by atoms with van der Waals surface area (Å²) in [6.07, 6.45) is 0. The Labute approximate surface area is 399 Å². The third-order valence-electron chi connectivity index (χ3n) is 13.6. The summed E-state index contributed by atoms with van der Waals surface area (Å²) in [4.78, 5) is 2.35. The molecule has 0 radical (unpaired) electrons. The molecule has 69 heavy (non-hydrogen) atoms. The number of aromatic nitrogens is 1. The normalized spacial score (nSPS) is 11.5. The molecule has 2 aromatic heterocycles. The van der Waals surface area contributed by atoms with Crippen molar-refractivity contribution < 1.29 is 4.42 Å². The molecule has 0 saturated heterocycles. The molecular formula is C65H41N3O. The minimum Gasteiger partial charge on any atom is -0.456 e. The Balaban J connectivity index is 0.947. The Morgan fingerprint density at radius 1 is 0.348 bits per heavy atom. The number of anilines is 3. The third kappa shape index (κ3) is 7.01. The number of benzene rings is 11. The number of nitriles is 1. The van der Waals surface area contributed by atoms with Gasteiger partial charge < -0.3 is 13.9 Å². The number of para-hydroxylation sites is 3. The van der Waals surface area contributed by atoms with Crippen molar-refractivity contribution in [3.05, 3.63) is 254 Å². The number of nitrogens with zero attached hydrogens (tertiary/aromatic N) is 3. The molecule has 0 amide bonds. The molecule has 0 spiro atoms. The van der Waals surface area contributed by atoms with Crippen LogP contribution in [0.4, 0.5) is 17.1 Å². The maximum Gasteiger partial charge on any atom is 0.136 e. The molecule has 4 nitrogen and oxygen atoms in total. The summed E-state index contributed by atoms with van der Waals surface area (Å²) in [6.45, 7) is 0. The Morgan fingerprint density at radius 2 is 0.971 bits per heavy atom. The zero-order valence-corrected chi connectivity index (χ0v) is 37.4. The van der Waals surface area contributed by atoms with Gasteiger partial charge in [0.2, 0.25) is 0 Å². The highest BCUT2D eigenvalue weighted by Gasteiger charge is 2.19. The minimum absolute atomic E-state index is 0.658. The summed E-state index contributed by atoms with van der Waals surface area (Å²) in [5.74, 6) is 0. The van der Waals surface area contributed by atoms with Crippen LogP contribution in [0.2, 0.25) is 0 Å². The van der Waals surface area contributed by atoms with Crippen LogP contribution in [0, 0.1) is 11.3 Å². The molecule has 0 N–H and O–H groups in total. The van der Waals surface area contributed by atoms with E-state index in [0.29, 0.717) is 5.56 Å². The van der Waals surface area contributed by atoms with Crippen LogP contribution in [0.25, 0.3) is 105 Å². The molecule has 0 unspecified atom stereocenters. The van der Waals surface area contributed by atoms with Gasteiger partial charge in [0.05, 0.1) is 22.7 Å². The molecule has 11 aromatic carbocycles. The molecule has 4 heteroatoms. The van der Waals surface area contributed by atoms with Crippen molar-refractivity contribution in [1.82, 2.24) is 4.57 Å².